The van der Waals surface area contributed by atoms with Gasteiger partial charge < -0.3 is 9.64 Å². The highest BCUT2D eigenvalue weighted by molar-refractivity contribution is 5.81. The first-order chi connectivity index (χ1) is 8.30. The summed E-state index contributed by atoms with van der Waals surface area (Å²) in [5, 5.41) is 0. The molecule has 1 aromatic rings. The van der Waals surface area contributed by atoms with Gasteiger partial charge in [0, 0.05) is 13.1 Å². The number of ether oxygens (including phenoxy) is 1. The zero-order valence-corrected chi connectivity index (χ0v) is 9.50. The molecule has 0 spiro atoms. The number of carbonyl (C=O) groups excluding carboxylic acids is 1. The first-order valence-electron chi connectivity index (χ1n) is 5.01. The lowest BCUT2D eigenvalue weighted by atomic mass is 10.3. The van der Waals surface area contributed by atoms with E-state index in [1.807, 2.05) is 0 Å². The molecule has 0 saturated carbocycles. The Morgan fingerprint density at radius 1 is 1.39 bits per heavy atom. The smallest absolute Gasteiger partial charge is 0.471 e. The number of likely N-dealkylation sites (N-methyl/N-ethyl adjacent to an activating group) is 1. The number of nitrogens with zero attached hydrogens (tertiary/aromatic N) is 1. The van der Waals surface area contributed by atoms with Crippen molar-refractivity contribution < 1.29 is 27.1 Å². The molecule has 0 aliphatic heterocycles. The minimum Gasteiger partial charge on any atom is -0.492 e. The summed E-state index contributed by atoms with van der Waals surface area (Å²) in [6, 6.07) is 5.20. The van der Waals surface area contributed by atoms with Gasteiger partial charge in [0.25, 0.3) is 0 Å². The highest BCUT2D eigenvalue weighted by Crippen LogP contribution is 2.17. The summed E-state index contributed by atoms with van der Waals surface area (Å²) < 4.78 is 53.8. The van der Waals surface area contributed by atoms with E-state index in [-0.39, 0.29) is 18.9 Å². The molecule has 0 atom stereocenters. The zero-order chi connectivity index (χ0) is 13.8. The second-order valence-electron chi connectivity index (χ2n) is 3.53. The second kappa shape index (κ2) is 5.70. The lowest BCUT2D eigenvalue weighted by molar-refractivity contribution is -0.184. The number of hydrogen-bond acceptors (Lipinski definition) is 2. The van der Waals surface area contributed by atoms with Crippen LogP contribution in [0, 0.1) is 5.82 Å². The fraction of sp³-hybridized carbons (Fsp3) is 0.364. The van der Waals surface area contributed by atoms with Gasteiger partial charge in [-0.1, -0.05) is 6.07 Å². The normalized spacial score (nSPS) is 11.2. The minimum atomic E-state index is -4.90. The van der Waals surface area contributed by atoms with Crippen LogP contribution in [0.3, 0.4) is 0 Å². The Labute approximate surface area is 101 Å². The number of hydrogen-bond donors (Lipinski definition) is 0. The molecule has 7 heteroatoms. The Bertz CT molecular complexity index is 420. The Hall–Kier alpha value is -1.79. The quantitative estimate of drug-likeness (QED) is 0.781. The van der Waals surface area contributed by atoms with Gasteiger partial charge in [0.1, 0.15) is 18.2 Å². The van der Waals surface area contributed by atoms with Crippen LogP contribution in [-0.4, -0.2) is 37.2 Å². The first-order valence-corrected chi connectivity index (χ1v) is 5.01. The number of halogens is 4. The molecule has 0 aliphatic carbocycles. The van der Waals surface area contributed by atoms with E-state index in [4.69, 9.17) is 4.74 Å². The molecule has 1 rings (SSSR count). The van der Waals surface area contributed by atoms with Gasteiger partial charge in [-0.3, -0.25) is 4.79 Å². The summed E-state index contributed by atoms with van der Waals surface area (Å²) in [5.41, 5.74) is 0. The van der Waals surface area contributed by atoms with Gasteiger partial charge in [0.2, 0.25) is 0 Å². The first kappa shape index (κ1) is 14.3. The van der Waals surface area contributed by atoms with Crippen LogP contribution in [0.5, 0.6) is 5.75 Å². The topological polar surface area (TPSA) is 29.5 Å². The van der Waals surface area contributed by atoms with Crippen molar-refractivity contribution in [3.63, 3.8) is 0 Å². The van der Waals surface area contributed by atoms with Gasteiger partial charge in [-0.05, 0) is 12.1 Å². The Kier molecular flexibility index (Phi) is 4.52. The van der Waals surface area contributed by atoms with Gasteiger partial charge in [-0.15, -0.1) is 0 Å². The molecule has 0 radical (unpaired) electrons. The van der Waals surface area contributed by atoms with Crippen LogP contribution in [0.15, 0.2) is 24.3 Å². The maximum absolute atomic E-state index is 12.7. The minimum absolute atomic E-state index is 0.151. The molecule has 0 aromatic heterocycles. The second-order valence-corrected chi connectivity index (χ2v) is 3.53. The number of alkyl halides is 3. The van der Waals surface area contributed by atoms with Crippen LogP contribution in [0.25, 0.3) is 0 Å². The molecule has 0 aliphatic rings. The van der Waals surface area contributed by atoms with E-state index in [1.165, 1.54) is 18.2 Å². The van der Waals surface area contributed by atoms with Crippen LogP contribution < -0.4 is 4.74 Å². The van der Waals surface area contributed by atoms with Crippen molar-refractivity contribution in [2.45, 2.75) is 6.18 Å². The number of amides is 1. The molecule has 1 aromatic carbocycles. The molecular weight excluding hydrogens is 254 g/mol. The van der Waals surface area contributed by atoms with Gasteiger partial charge in [-0.2, -0.15) is 13.2 Å². The summed E-state index contributed by atoms with van der Waals surface area (Å²) in [5.74, 6) is -2.25. The summed E-state index contributed by atoms with van der Waals surface area (Å²) in [6.07, 6.45) is -4.90. The maximum atomic E-state index is 12.7. The Balaban J connectivity index is 2.40. The van der Waals surface area contributed by atoms with Crippen molar-refractivity contribution in [3.8, 4) is 5.75 Å². The highest BCUT2D eigenvalue weighted by Gasteiger charge is 2.41. The number of carbonyl (C=O) groups is 1. The van der Waals surface area contributed by atoms with Gasteiger partial charge >= 0.3 is 12.1 Å². The third-order valence-corrected chi connectivity index (χ3v) is 2.08. The molecule has 0 bridgehead atoms. The third-order valence-electron chi connectivity index (χ3n) is 2.08. The molecule has 100 valence electrons. The Morgan fingerprint density at radius 3 is 2.61 bits per heavy atom. The van der Waals surface area contributed by atoms with Gasteiger partial charge in [0.05, 0.1) is 6.54 Å². The summed E-state index contributed by atoms with van der Waals surface area (Å²) in [6.45, 7) is -0.392. The predicted octanol–water partition coefficient (Wildman–Crippen LogP) is 2.23. The molecule has 18 heavy (non-hydrogen) atoms. The molecular formula is C11H11F4NO2. The lowest BCUT2D eigenvalue weighted by Gasteiger charge is -2.18. The lowest BCUT2D eigenvalue weighted by Crippen LogP contribution is -2.40. The largest absolute Gasteiger partial charge is 0.492 e. The van der Waals surface area contributed by atoms with E-state index >= 15 is 0 Å². The fourth-order valence-electron chi connectivity index (χ4n) is 1.18. The number of benzene rings is 1. The molecule has 1 amide bonds. The molecule has 0 heterocycles. The maximum Gasteiger partial charge on any atom is 0.471 e. The standard InChI is InChI=1S/C11H11F4NO2/c1-16(10(17)11(13,14)15)5-6-18-9-4-2-3-8(12)7-9/h2-4,7H,5-6H2,1H3. The van der Waals surface area contributed by atoms with E-state index < -0.39 is 17.9 Å². The van der Waals surface area contributed by atoms with Crippen LogP contribution in [0.1, 0.15) is 0 Å². The van der Waals surface area contributed by atoms with Crippen molar-refractivity contribution in [3.05, 3.63) is 30.1 Å². The average Bonchev–Trinajstić information content (AvgIpc) is 2.26. The SMILES string of the molecule is CN(CCOc1cccc(F)c1)C(=O)C(F)(F)F. The van der Waals surface area contributed by atoms with Crippen LogP contribution in [-0.2, 0) is 4.79 Å². The van der Waals surface area contributed by atoms with E-state index in [2.05, 4.69) is 0 Å². The van der Waals surface area contributed by atoms with E-state index in [9.17, 15) is 22.4 Å². The van der Waals surface area contributed by atoms with E-state index in [0.29, 0.717) is 4.90 Å². The average molecular weight is 265 g/mol. The van der Waals surface area contributed by atoms with Gasteiger partial charge in [0.15, 0.2) is 0 Å². The summed E-state index contributed by atoms with van der Waals surface area (Å²) in [7, 11) is 1.02. The zero-order valence-electron chi connectivity index (χ0n) is 9.50. The molecule has 0 saturated heterocycles. The monoisotopic (exact) mass is 265 g/mol. The summed E-state index contributed by atoms with van der Waals surface area (Å²) >= 11 is 0. The van der Waals surface area contributed by atoms with Crippen LogP contribution >= 0.6 is 0 Å². The van der Waals surface area contributed by atoms with Crippen molar-refractivity contribution in [1.29, 1.82) is 0 Å². The highest BCUT2D eigenvalue weighted by atomic mass is 19.4. The Morgan fingerprint density at radius 2 is 2.06 bits per heavy atom. The van der Waals surface area contributed by atoms with E-state index in [1.54, 1.807) is 0 Å². The molecule has 0 N–H and O–H groups in total. The van der Waals surface area contributed by atoms with E-state index in [0.717, 1.165) is 13.1 Å². The number of rotatable bonds is 4. The van der Waals surface area contributed by atoms with Gasteiger partial charge in [-0.25, -0.2) is 4.39 Å². The van der Waals surface area contributed by atoms with Crippen molar-refractivity contribution >= 4 is 5.91 Å². The fourth-order valence-corrected chi connectivity index (χ4v) is 1.18. The van der Waals surface area contributed by atoms with Crippen LogP contribution in [0.4, 0.5) is 17.6 Å². The molecule has 0 fully saturated rings. The predicted molar refractivity (Wildman–Crippen MR) is 55.6 cm³/mol. The third kappa shape index (κ3) is 4.23. The molecule has 0 unspecified atom stereocenters. The van der Waals surface area contributed by atoms with Crippen LogP contribution in [0.2, 0.25) is 0 Å². The van der Waals surface area contributed by atoms with Crippen molar-refractivity contribution in [2.24, 2.45) is 0 Å². The molecule has 3 nitrogen and oxygen atoms in total. The van der Waals surface area contributed by atoms with Crippen molar-refractivity contribution in [2.75, 3.05) is 20.2 Å². The van der Waals surface area contributed by atoms with Crippen molar-refractivity contribution in [1.82, 2.24) is 4.90 Å². The summed E-state index contributed by atoms with van der Waals surface area (Å²) in [4.78, 5) is 11.2.